The van der Waals surface area contributed by atoms with Crippen LogP contribution in [0.2, 0.25) is 5.02 Å². The Balaban J connectivity index is 2.23. The molecule has 1 aliphatic carbocycles. The summed E-state index contributed by atoms with van der Waals surface area (Å²) in [6.07, 6.45) is 3.64. The summed E-state index contributed by atoms with van der Waals surface area (Å²) in [7, 11) is 0. The van der Waals surface area contributed by atoms with E-state index in [2.05, 4.69) is 12.2 Å². The van der Waals surface area contributed by atoms with E-state index in [-0.39, 0.29) is 5.91 Å². The predicted octanol–water partition coefficient (Wildman–Crippen LogP) is 3.61. The van der Waals surface area contributed by atoms with E-state index < -0.39 is 5.54 Å². The SMILES string of the molecule is Cc1ccc(Cl)cc1C(=O)NC1(C(N)=S)CCC(C)CC1. The van der Waals surface area contributed by atoms with Crippen molar-refractivity contribution >= 4 is 34.7 Å². The van der Waals surface area contributed by atoms with Gasteiger partial charge in [-0.15, -0.1) is 0 Å². The maximum Gasteiger partial charge on any atom is 0.252 e. The third-order valence-corrected chi connectivity index (χ3v) is 5.02. The van der Waals surface area contributed by atoms with Crippen LogP contribution in [0.15, 0.2) is 18.2 Å². The molecule has 1 saturated carbocycles. The Hall–Kier alpha value is -1.13. The van der Waals surface area contributed by atoms with Crippen molar-refractivity contribution in [2.45, 2.75) is 45.1 Å². The van der Waals surface area contributed by atoms with E-state index in [1.807, 2.05) is 13.0 Å². The van der Waals surface area contributed by atoms with Gasteiger partial charge in [-0.3, -0.25) is 4.79 Å². The van der Waals surface area contributed by atoms with Crippen LogP contribution in [0.4, 0.5) is 0 Å². The minimum Gasteiger partial charge on any atom is -0.391 e. The molecule has 3 N–H and O–H groups in total. The topological polar surface area (TPSA) is 55.1 Å². The number of hydrogen-bond acceptors (Lipinski definition) is 2. The van der Waals surface area contributed by atoms with E-state index in [4.69, 9.17) is 29.6 Å². The number of hydrogen-bond donors (Lipinski definition) is 2. The van der Waals surface area contributed by atoms with E-state index in [1.54, 1.807) is 12.1 Å². The Kier molecular flexibility index (Phi) is 4.89. The first-order chi connectivity index (χ1) is 9.84. The van der Waals surface area contributed by atoms with Crippen LogP contribution in [-0.4, -0.2) is 16.4 Å². The Bertz CT molecular complexity index is 565. The molecule has 1 aromatic carbocycles. The number of carbonyl (C=O) groups excluding carboxylic acids is 1. The predicted molar refractivity (Wildman–Crippen MR) is 90.8 cm³/mol. The van der Waals surface area contributed by atoms with E-state index >= 15 is 0 Å². The van der Waals surface area contributed by atoms with Crippen LogP contribution in [0.25, 0.3) is 0 Å². The average Bonchev–Trinajstić information content (AvgIpc) is 2.44. The molecule has 0 aromatic heterocycles. The average molecular weight is 325 g/mol. The standard InChI is InChI=1S/C16H21ClN2OS/c1-10-5-7-16(8-6-10,15(18)21)19-14(20)13-9-12(17)4-3-11(13)2/h3-4,9-10H,5-8H2,1-2H3,(H2,18,21)(H,19,20). The van der Waals surface area contributed by atoms with Crippen molar-refractivity contribution < 1.29 is 4.79 Å². The maximum absolute atomic E-state index is 12.6. The molecular formula is C16H21ClN2OS. The van der Waals surface area contributed by atoms with Crippen molar-refractivity contribution in [1.82, 2.24) is 5.32 Å². The molecule has 1 amide bonds. The Morgan fingerprint density at radius 1 is 1.43 bits per heavy atom. The fourth-order valence-corrected chi connectivity index (χ4v) is 3.24. The summed E-state index contributed by atoms with van der Waals surface area (Å²) in [5, 5.41) is 3.62. The highest BCUT2D eigenvalue weighted by molar-refractivity contribution is 7.80. The van der Waals surface area contributed by atoms with Gasteiger partial charge in [0.2, 0.25) is 0 Å². The molecule has 0 spiro atoms. The molecule has 3 nitrogen and oxygen atoms in total. The van der Waals surface area contributed by atoms with Crippen LogP contribution in [0.3, 0.4) is 0 Å². The molecule has 0 atom stereocenters. The van der Waals surface area contributed by atoms with Crippen molar-refractivity contribution in [3.05, 3.63) is 34.3 Å². The first-order valence-corrected chi connectivity index (χ1v) is 8.01. The zero-order chi connectivity index (χ0) is 15.6. The van der Waals surface area contributed by atoms with E-state index in [1.165, 1.54) is 0 Å². The Morgan fingerprint density at radius 3 is 2.62 bits per heavy atom. The van der Waals surface area contributed by atoms with Gasteiger partial charge >= 0.3 is 0 Å². The fraction of sp³-hybridized carbons (Fsp3) is 0.500. The first kappa shape index (κ1) is 16.2. The molecule has 0 heterocycles. The monoisotopic (exact) mass is 324 g/mol. The number of aryl methyl sites for hydroxylation is 1. The molecule has 21 heavy (non-hydrogen) atoms. The first-order valence-electron chi connectivity index (χ1n) is 7.22. The van der Waals surface area contributed by atoms with Gasteiger partial charge in [-0.05, 0) is 56.2 Å². The number of halogens is 1. The molecule has 1 aromatic rings. The molecule has 0 saturated heterocycles. The number of nitrogens with two attached hydrogens (primary N) is 1. The lowest BCUT2D eigenvalue weighted by Gasteiger charge is -2.39. The van der Waals surface area contributed by atoms with Gasteiger partial charge in [0.05, 0.1) is 10.5 Å². The van der Waals surface area contributed by atoms with Gasteiger partial charge in [0.25, 0.3) is 5.91 Å². The second kappa shape index (κ2) is 6.32. The van der Waals surface area contributed by atoms with Gasteiger partial charge in [-0.2, -0.15) is 0 Å². The second-order valence-electron chi connectivity index (χ2n) is 6.04. The fourth-order valence-electron chi connectivity index (χ4n) is 2.81. The summed E-state index contributed by atoms with van der Waals surface area (Å²) < 4.78 is 0. The maximum atomic E-state index is 12.6. The molecule has 114 valence electrons. The third kappa shape index (κ3) is 3.55. The molecule has 2 rings (SSSR count). The number of carbonyl (C=O) groups is 1. The number of benzene rings is 1. The van der Waals surface area contributed by atoms with Gasteiger partial charge in [0.1, 0.15) is 0 Å². The van der Waals surface area contributed by atoms with Crippen LogP contribution in [0, 0.1) is 12.8 Å². The van der Waals surface area contributed by atoms with E-state index in [0.717, 1.165) is 31.2 Å². The summed E-state index contributed by atoms with van der Waals surface area (Å²) in [4.78, 5) is 13.0. The Morgan fingerprint density at radius 2 is 2.05 bits per heavy atom. The lowest BCUT2D eigenvalue weighted by molar-refractivity contribution is 0.0900. The van der Waals surface area contributed by atoms with Gasteiger partial charge in [0.15, 0.2) is 0 Å². The van der Waals surface area contributed by atoms with Crippen LogP contribution >= 0.6 is 23.8 Å². The van der Waals surface area contributed by atoms with Gasteiger partial charge in [-0.25, -0.2) is 0 Å². The van der Waals surface area contributed by atoms with Crippen molar-refractivity contribution in [2.75, 3.05) is 0 Å². The third-order valence-electron chi connectivity index (χ3n) is 4.40. The summed E-state index contributed by atoms with van der Waals surface area (Å²) in [5.74, 6) is 0.495. The van der Waals surface area contributed by atoms with Crippen molar-refractivity contribution in [3.63, 3.8) is 0 Å². The lowest BCUT2D eigenvalue weighted by Crippen LogP contribution is -2.58. The van der Waals surface area contributed by atoms with Gasteiger partial charge in [-0.1, -0.05) is 36.8 Å². The van der Waals surface area contributed by atoms with Crippen molar-refractivity contribution in [3.8, 4) is 0 Å². The normalized spacial score (nSPS) is 25.4. The molecule has 0 radical (unpaired) electrons. The number of rotatable bonds is 3. The molecule has 0 bridgehead atoms. The van der Waals surface area contributed by atoms with E-state index in [9.17, 15) is 4.79 Å². The second-order valence-corrected chi connectivity index (χ2v) is 6.92. The van der Waals surface area contributed by atoms with E-state index in [0.29, 0.717) is 21.5 Å². The molecule has 0 aliphatic heterocycles. The molecule has 0 unspecified atom stereocenters. The van der Waals surface area contributed by atoms with Crippen LogP contribution in [0.1, 0.15) is 48.5 Å². The smallest absolute Gasteiger partial charge is 0.252 e. The quantitative estimate of drug-likeness (QED) is 0.835. The van der Waals surface area contributed by atoms with Crippen LogP contribution in [0.5, 0.6) is 0 Å². The molecule has 5 heteroatoms. The zero-order valence-electron chi connectivity index (χ0n) is 12.4. The van der Waals surface area contributed by atoms with Gasteiger partial charge in [0, 0.05) is 10.6 Å². The number of nitrogens with one attached hydrogen (secondary N) is 1. The zero-order valence-corrected chi connectivity index (χ0v) is 14.0. The van der Waals surface area contributed by atoms with Crippen molar-refractivity contribution in [2.24, 2.45) is 11.7 Å². The molecule has 1 fully saturated rings. The summed E-state index contributed by atoms with van der Waals surface area (Å²) in [5.41, 5.74) is 6.84. The number of thiocarbonyl (C=S) groups is 1. The largest absolute Gasteiger partial charge is 0.391 e. The number of amides is 1. The minimum atomic E-state index is -0.562. The highest BCUT2D eigenvalue weighted by Crippen LogP contribution is 2.32. The highest BCUT2D eigenvalue weighted by Gasteiger charge is 2.38. The highest BCUT2D eigenvalue weighted by atomic mass is 35.5. The summed E-state index contributed by atoms with van der Waals surface area (Å²) in [6, 6.07) is 5.30. The molecular weight excluding hydrogens is 304 g/mol. The Labute approximate surface area is 136 Å². The summed E-state index contributed by atoms with van der Waals surface area (Å²) >= 11 is 11.2. The van der Waals surface area contributed by atoms with Gasteiger partial charge < -0.3 is 11.1 Å². The lowest BCUT2D eigenvalue weighted by atomic mass is 9.77. The minimum absolute atomic E-state index is 0.155. The summed E-state index contributed by atoms with van der Waals surface area (Å²) in [6.45, 7) is 4.11. The molecule has 1 aliphatic rings. The van der Waals surface area contributed by atoms with Crippen LogP contribution < -0.4 is 11.1 Å². The van der Waals surface area contributed by atoms with Crippen molar-refractivity contribution in [1.29, 1.82) is 0 Å². The van der Waals surface area contributed by atoms with Crippen LogP contribution in [-0.2, 0) is 0 Å².